The summed E-state index contributed by atoms with van der Waals surface area (Å²) in [5.74, 6) is 0. The van der Waals surface area contributed by atoms with Crippen LogP contribution >= 0.6 is 0 Å². The molecule has 4 nitrogen and oxygen atoms in total. The number of hydrogen-bond acceptors (Lipinski definition) is 2. The lowest BCUT2D eigenvalue weighted by molar-refractivity contribution is 1.13. The summed E-state index contributed by atoms with van der Waals surface area (Å²) in [6.07, 6.45) is 15.8. The van der Waals surface area contributed by atoms with Gasteiger partial charge in [0, 0.05) is 50.8 Å². The number of fused-ring (bicyclic) bond motifs is 5. The Labute approximate surface area is 352 Å². The van der Waals surface area contributed by atoms with Gasteiger partial charge in [0.25, 0.3) is 0 Å². The minimum atomic E-state index is 1.06. The van der Waals surface area contributed by atoms with Crippen molar-refractivity contribution in [1.29, 1.82) is 0 Å². The summed E-state index contributed by atoms with van der Waals surface area (Å²) in [5, 5.41) is 3.67. The van der Waals surface area contributed by atoms with Gasteiger partial charge < -0.3 is 19.8 Å². The molecule has 4 heteroatoms. The Morgan fingerprint density at radius 1 is 0.550 bits per heavy atom. The van der Waals surface area contributed by atoms with Crippen LogP contribution in [0, 0.1) is 0 Å². The number of hydrogen-bond donors (Lipinski definition) is 1. The Balaban J connectivity index is 1.14. The molecule has 9 rings (SSSR count). The molecule has 2 heterocycles. The first-order valence-electron chi connectivity index (χ1n) is 20.4. The number of nitrogens with two attached hydrogens (primary N) is 1. The monoisotopic (exact) mass is 774 g/mol. The van der Waals surface area contributed by atoms with Crippen molar-refractivity contribution in [2.24, 2.45) is 5.73 Å². The number of allylic oxidation sites excluding steroid dienone is 8. The third-order valence-electron chi connectivity index (χ3n) is 11.3. The summed E-state index contributed by atoms with van der Waals surface area (Å²) in [6.45, 7) is 7.99. The molecule has 9 aromatic rings. The zero-order valence-corrected chi connectivity index (χ0v) is 33.9. The molecule has 0 aliphatic heterocycles. The maximum absolute atomic E-state index is 5.77. The van der Waals surface area contributed by atoms with Gasteiger partial charge in [-0.05, 0) is 144 Å². The molecule has 0 aliphatic rings. The Morgan fingerprint density at radius 2 is 1.13 bits per heavy atom. The summed E-state index contributed by atoms with van der Waals surface area (Å²) in [5.41, 5.74) is 21.6. The van der Waals surface area contributed by atoms with Crippen LogP contribution in [0.2, 0.25) is 0 Å². The Bertz CT molecular complexity index is 3080. The first-order valence-corrected chi connectivity index (χ1v) is 20.4. The number of aromatic nitrogens is 2. The number of nitrogens with zero attached hydrogens (tertiary/aromatic N) is 3. The summed E-state index contributed by atoms with van der Waals surface area (Å²) in [7, 11) is 0. The Kier molecular flexibility index (Phi) is 10.4. The van der Waals surface area contributed by atoms with E-state index in [1.54, 1.807) is 6.20 Å². The van der Waals surface area contributed by atoms with E-state index in [-0.39, 0.29) is 0 Å². The molecule has 0 spiro atoms. The van der Waals surface area contributed by atoms with Crippen LogP contribution in [0.25, 0.3) is 66.4 Å². The van der Waals surface area contributed by atoms with E-state index in [9.17, 15) is 0 Å². The fourth-order valence-electron chi connectivity index (χ4n) is 8.44. The van der Waals surface area contributed by atoms with E-state index in [1.165, 1.54) is 38.3 Å². The molecular formula is C56H46N4. The van der Waals surface area contributed by atoms with Gasteiger partial charge >= 0.3 is 0 Å². The van der Waals surface area contributed by atoms with E-state index < -0.39 is 0 Å². The second-order valence-corrected chi connectivity index (χ2v) is 14.8. The maximum Gasteiger partial charge on any atom is 0.0635 e. The molecule has 0 amide bonds. The van der Waals surface area contributed by atoms with Crippen molar-refractivity contribution in [3.63, 3.8) is 0 Å². The maximum atomic E-state index is 5.77. The minimum Gasteiger partial charge on any atom is -0.405 e. The summed E-state index contributed by atoms with van der Waals surface area (Å²) in [4.78, 5) is 2.31. The van der Waals surface area contributed by atoms with E-state index in [1.807, 2.05) is 32.1 Å². The van der Waals surface area contributed by atoms with E-state index in [0.717, 1.165) is 56.3 Å². The lowest BCUT2D eigenvalue weighted by atomic mass is 10.0. The molecule has 0 unspecified atom stereocenters. The average molecular weight is 775 g/mol. The van der Waals surface area contributed by atoms with Gasteiger partial charge in [-0.2, -0.15) is 0 Å². The highest BCUT2D eigenvalue weighted by atomic mass is 15.1. The molecule has 0 saturated carbocycles. The van der Waals surface area contributed by atoms with Gasteiger partial charge in [-0.3, -0.25) is 0 Å². The SMILES string of the molecule is C=C/C=C(\C=C/C)c1ccc(N(c2ccc(C(/C=C\N)=C/C)cc2)c2ccc(-c3ccc4c(c3)c3ccc5c(ccn5-c5ccccc5)c3n4-c3ccccc3)cc2)cc1. The van der Waals surface area contributed by atoms with Crippen molar-refractivity contribution in [2.45, 2.75) is 13.8 Å². The van der Waals surface area contributed by atoms with Gasteiger partial charge in [-0.15, -0.1) is 0 Å². The van der Waals surface area contributed by atoms with Crippen LogP contribution in [-0.4, -0.2) is 9.13 Å². The van der Waals surface area contributed by atoms with Crippen molar-refractivity contribution < 1.29 is 0 Å². The topological polar surface area (TPSA) is 39.1 Å². The second kappa shape index (κ2) is 16.6. The molecule has 2 aromatic heterocycles. The molecule has 0 radical (unpaired) electrons. The van der Waals surface area contributed by atoms with Crippen LogP contribution in [-0.2, 0) is 0 Å². The summed E-state index contributed by atoms with van der Waals surface area (Å²) < 4.78 is 4.70. The third kappa shape index (κ3) is 6.95. The molecule has 0 bridgehead atoms. The predicted octanol–water partition coefficient (Wildman–Crippen LogP) is 14.9. The van der Waals surface area contributed by atoms with Crippen LogP contribution in [0.15, 0.2) is 225 Å². The molecule has 0 aliphatic carbocycles. The van der Waals surface area contributed by atoms with Crippen molar-refractivity contribution >= 4 is 60.9 Å². The lowest BCUT2D eigenvalue weighted by Gasteiger charge is -2.26. The minimum absolute atomic E-state index is 1.06. The van der Waals surface area contributed by atoms with Gasteiger partial charge in [0.1, 0.15) is 0 Å². The standard InChI is InChI=1S/C56H46N4/c1-4-13-41(14-5-2)43-21-28-49(29-22-43)59(48-26-19-42(20-27-48)40(6-3)35-37-57)50-30-23-44(24-31-50)45-25-33-55-53(39-45)51-32-34-54-52(36-38-58(54)46-15-9-7-10-16-46)56(51)60(55)47-17-11-8-12-18-47/h4-39H,1,57H2,2-3H3/b14-5-,37-35-,40-6+,41-13+. The zero-order chi connectivity index (χ0) is 41.0. The van der Waals surface area contributed by atoms with Crippen LogP contribution in [0.4, 0.5) is 17.1 Å². The molecule has 0 fully saturated rings. The van der Waals surface area contributed by atoms with E-state index in [2.05, 4.69) is 215 Å². The van der Waals surface area contributed by atoms with E-state index in [4.69, 9.17) is 5.73 Å². The van der Waals surface area contributed by atoms with Gasteiger partial charge in [0.15, 0.2) is 0 Å². The quantitative estimate of drug-likeness (QED) is 0.133. The van der Waals surface area contributed by atoms with E-state index >= 15 is 0 Å². The highest BCUT2D eigenvalue weighted by Crippen LogP contribution is 2.41. The van der Waals surface area contributed by atoms with Crippen molar-refractivity contribution in [1.82, 2.24) is 9.13 Å². The van der Waals surface area contributed by atoms with Gasteiger partial charge in [-0.1, -0.05) is 122 Å². The van der Waals surface area contributed by atoms with Crippen LogP contribution in [0.5, 0.6) is 0 Å². The fraction of sp³-hybridized carbons (Fsp3) is 0.0357. The zero-order valence-electron chi connectivity index (χ0n) is 33.9. The number of para-hydroxylation sites is 2. The first kappa shape index (κ1) is 37.7. The third-order valence-corrected chi connectivity index (χ3v) is 11.3. The number of benzene rings is 7. The molecule has 0 atom stereocenters. The second-order valence-electron chi connectivity index (χ2n) is 14.8. The fourth-order valence-corrected chi connectivity index (χ4v) is 8.44. The highest BCUT2D eigenvalue weighted by Gasteiger charge is 2.19. The molecule has 60 heavy (non-hydrogen) atoms. The molecule has 7 aromatic carbocycles. The largest absolute Gasteiger partial charge is 0.405 e. The Hall–Kier alpha value is -7.82. The highest BCUT2D eigenvalue weighted by molar-refractivity contribution is 6.19. The summed E-state index contributed by atoms with van der Waals surface area (Å²) >= 11 is 0. The predicted molar refractivity (Wildman–Crippen MR) is 258 cm³/mol. The molecule has 290 valence electrons. The smallest absolute Gasteiger partial charge is 0.0635 e. The number of rotatable bonds is 11. The molecular weight excluding hydrogens is 729 g/mol. The van der Waals surface area contributed by atoms with Crippen molar-refractivity contribution in [3.8, 4) is 22.5 Å². The first-order chi connectivity index (χ1) is 29.6. The Morgan fingerprint density at radius 3 is 1.73 bits per heavy atom. The molecule has 0 saturated heterocycles. The van der Waals surface area contributed by atoms with Gasteiger partial charge in [0.2, 0.25) is 0 Å². The average Bonchev–Trinajstić information content (AvgIpc) is 3.89. The van der Waals surface area contributed by atoms with Gasteiger partial charge in [-0.25, -0.2) is 0 Å². The van der Waals surface area contributed by atoms with Crippen molar-refractivity contribution in [3.05, 3.63) is 236 Å². The van der Waals surface area contributed by atoms with Gasteiger partial charge in [0.05, 0.1) is 16.6 Å². The summed E-state index contributed by atoms with van der Waals surface area (Å²) in [6, 6.07) is 61.3. The van der Waals surface area contributed by atoms with E-state index in [0.29, 0.717) is 0 Å². The van der Waals surface area contributed by atoms with Crippen molar-refractivity contribution in [2.75, 3.05) is 4.90 Å². The normalized spacial score (nSPS) is 12.4. The van der Waals surface area contributed by atoms with Crippen LogP contribution in [0.3, 0.4) is 0 Å². The number of anilines is 3. The van der Waals surface area contributed by atoms with Crippen LogP contribution in [0.1, 0.15) is 25.0 Å². The van der Waals surface area contributed by atoms with Crippen LogP contribution < -0.4 is 10.6 Å². The lowest BCUT2D eigenvalue weighted by Crippen LogP contribution is -2.10. The molecule has 2 N–H and O–H groups in total.